The molecule has 3 N–H and O–H groups in total. The third-order valence-corrected chi connectivity index (χ3v) is 3.67. The quantitative estimate of drug-likeness (QED) is 0.452. The Morgan fingerprint density at radius 2 is 1.94 bits per heavy atom. The molecule has 0 saturated heterocycles. The standard InChI is InChI=1S/C13H21IN2O/c1-10(17-2)3-8-13(16-15)9-11-4-6-12(14)7-5-11/h4-7,10,13,16H,3,8-9,15H2,1-2H3. The summed E-state index contributed by atoms with van der Waals surface area (Å²) < 4.78 is 6.50. The van der Waals surface area contributed by atoms with Gasteiger partial charge in [0.05, 0.1) is 6.10 Å². The molecular formula is C13H21IN2O. The zero-order valence-corrected chi connectivity index (χ0v) is 12.6. The number of nitrogens with two attached hydrogens (primary N) is 1. The van der Waals surface area contributed by atoms with Gasteiger partial charge < -0.3 is 4.74 Å². The van der Waals surface area contributed by atoms with Crippen LogP contribution in [-0.2, 0) is 11.2 Å². The van der Waals surface area contributed by atoms with Crippen LogP contribution < -0.4 is 11.3 Å². The van der Waals surface area contributed by atoms with Gasteiger partial charge in [-0.15, -0.1) is 0 Å². The molecule has 4 heteroatoms. The first-order valence-electron chi connectivity index (χ1n) is 5.89. The summed E-state index contributed by atoms with van der Waals surface area (Å²) in [5.41, 5.74) is 4.21. The number of benzene rings is 1. The average Bonchev–Trinajstić information content (AvgIpc) is 2.36. The van der Waals surface area contributed by atoms with Crippen molar-refractivity contribution in [3.63, 3.8) is 0 Å². The molecule has 0 heterocycles. The van der Waals surface area contributed by atoms with Crippen LogP contribution in [0.25, 0.3) is 0 Å². The smallest absolute Gasteiger partial charge is 0.0543 e. The Hall–Kier alpha value is -0.170. The molecule has 17 heavy (non-hydrogen) atoms. The number of methoxy groups -OCH3 is 1. The predicted molar refractivity (Wildman–Crippen MR) is 79.7 cm³/mol. The lowest BCUT2D eigenvalue weighted by atomic mass is 10.0. The fourth-order valence-electron chi connectivity index (χ4n) is 1.70. The van der Waals surface area contributed by atoms with E-state index in [4.69, 9.17) is 10.6 Å². The van der Waals surface area contributed by atoms with E-state index in [1.807, 2.05) is 0 Å². The molecule has 0 aliphatic heterocycles. The van der Waals surface area contributed by atoms with Gasteiger partial charge in [-0.25, -0.2) is 0 Å². The molecule has 0 saturated carbocycles. The summed E-state index contributed by atoms with van der Waals surface area (Å²) in [5, 5.41) is 0. The second kappa shape index (κ2) is 8.02. The van der Waals surface area contributed by atoms with Crippen LogP contribution in [0.1, 0.15) is 25.3 Å². The van der Waals surface area contributed by atoms with Gasteiger partial charge in [0.2, 0.25) is 0 Å². The Bertz CT molecular complexity index is 316. The minimum atomic E-state index is 0.294. The number of hydrogen-bond donors (Lipinski definition) is 2. The van der Waals surface area contributed by atoms with Crippen molar-refractivity contribution in [3.05, 3.63) is 33.4 Å². The lowest BCUT2D eigenvalue weighted by molar-refractivity contribution is 0.106. The summed E-state index contributed by atoms with van der Waals surface area (Å²) >= 11 is 2.31. The van der Waals surface area contributed by atoms with E-state index in [9.17, 15) is 0 Å². The van der Waals surface area contributed by atoms with Crippen LogP contribution in [-0.4, -0.2) is 19.3 Å². The maximum absolute atomic E-state index is 5.59. The van der Waals surface area contributed by atoms with E-state index < -0.39 is 0 Å². The molecule has 0 amide bonds. The molecule has 3 nitrogen and oxygen atoms in total. The molecule has 0 radical (unpaired) electrons. The second-order valence-corrected chi connectivity index (χ2v) is 5.56. The molecule has 0 spiro atoms. The fourth-order valence-corrected chi connectivity index (χ4v) is 2.06. The molecule has 1 aromatic carbocycles. The van der Waals surface area contributed by atoms with E-state index >= 15 is 0 Å². The fraction of sp³-hybridized carbons (Fsp3) is 0.538. The van der Waals surface area contributed by atoms with E-state index in [1.54, 1.807) is 7.11 Å². The van der Waals surface area contributed by atoms with Crippen molar-refractivity contribution in [2.45, 2.75) is 38.3 Å². The van der Waals surface area contributed by atoms with E-state index in [2.05, 4.69) is 59.2 Å². The van der Waals surface area contributed by atoms with Crippen LogP contribution in [0.4, 0.5) is 0 Å². The Kier molecular flexibility index (Phi) is 7.03. The number of hydrazine groups is 1. The van der Waals surface area contributed by atoms with Gasteiger partial charge in [-0.3, -0.25) is 11.3 Å². The summed E-state index contributed by atoms with van der Waals surface area (Å²) in [4.78, 5) is 0. The van der Waals surface area contributed by atoms with Crippen molar-refractivity contribution < 1.29 is 4.74 Å². The van der Waals surface area contributed by atoms with Crippen LogP contribution >= 0.6 is 22.6 Å². The van der Waals surface area contributed by atoms with Crippen LogP contribution in [0.15, 0.2) is 24.3 Å². The molecule has 2 atom stereocenters. The van der Waals surface area contributed by atoms with Crippen molar-refractivity contribution >= 4 is 22.6 Å². The topological polar surface area (TPSA) is 47.3 Å². The Morgan fingerprint density at radius 3 is 2.47 bits per heavy atom. The number of rotatable bonds is 7. The zero-order valence-electron chi connectivity index (χ0n) is 10.4. The Labute approximate surface area is 117 Å². The maximum Gasteiger partial charge on any atom is 0.0543 e. The highest BCUT2D eigenvalue weighted by Gasteiger charge is 2.10. The molecule has 96 valence electrons. The first-order valence-corrected chi connectivity index (χ1v) is 6.97. The van der Waals surface area contributed by atoms with Gasteiger partial charge in [0.1, 0.15) is 0 Å². The summed E-state index contributed by atoms with van der Waals surface area (Å²) in [7, 11) is 1.74. The molecule has 0 bridgehead atoms. The highest BCUT2D eigenvalue weighted by Crippen LogP contribution is 2.12. The minimum absolute atomic E-state index is 0.294. The Morgan fingerprint density at radius 1 is 1.29 bits per heavy atom. The first kappa shape index (κ1) is 14.9. The van der Waals surface area contributed by atoms with Crippen molar-refractivity contribution in [1.82, 2.24) is 5.43 Å². The lowest BCUT2D eigenvalue weighted by Gasteiger charge is -2.18. The van der Waals surface area contributed by atoms with Gasteiger partial charge in [-0.2, -0.15) is 0 Å². The predicted octanol–water partition coefficient (Wildman–Crippen LogP) is 2.48. The lowest BCUT2D eigenvalue weighted by Crippen LogP contribution is -2.37. The van der Waals surface area contributed by atoms with Crippen LogP contribution in [0.5, 0.6) is 0 Å². The highest BCUT2D eigenvalue weighted by atomic mass is 127. The zero-order chi connectivity index (χ0) is 12.7. The van der Waals surface area contributed by atoms with Gasteiger partial charge in [0.15, 0.2) is 0 Å². The number of nitrogens with one attached hydrogen (secondary N) is 1. The van der Waals surface area contributed by atoms with E-state index in [0.29, 0.717) is 12.1 Å². The molecule has 1 rings (SSSR count). The van der Waals surface area contributed by atoms with Gasteiger partial charge in [-0.05, 0) is 66.5 Å². The van der Waals surface area contributed by atoms with Crippen molar-refractivity contribution in [3.8, 4) is 0 Å². The van der Waals surface area contributed by atoms with Gasteiger partial charge in [-0.1, -0.05) is 12.1 Å². The van der Waals surface area contributed by atoms with Crippen molar-refractivity contribution in [2.75, 3.05) is 7.11 Å². The summed E-state index contributed by atoms with van der Waals surface area (Å²) in [6.07, 6.45) is 3.31. The van der Waals surface area contributed by atoms with Crippen LogP contribution in [0.2, 0.25) is 0 Å². The number of ether oxygens (including phenoxy) is 1. The van der Waals surface area contributed by atoms with Gasteiger partial charge in [0.25, 0.3) is 0 Å². The molecular weight excluding hydrogens is 327 g/mol. The normalized spacial score (nSPS) is 14.6. The molecule has 0 aliphatic carbocycles. The van der Waals surface area contributed by atoms with Crippen LogP contribution in [0, 0.1) is 3.57 Å². The van der Waals surface area contributed by atoms with Gasteiger partial charge in [0, 0.05) is 16.7 Å². The van der Waals surface area contributed by atoms with Gasteiger partial charge >= 0.3 is 0 Å². The highest BCUT2D eigenvalue weighted by molar-refractivity contribution is 14.1. The largest absolute Gasteiger partial charge is 0.382 e. The summed E-state index contributed by atoms with van der Waals surface area (Å²) in [6, 6.07) is 8.88. The first-order chi connectivity index (χ1) is 8.15. The molecule has 0 aliphatic rings. The third kappa shape index (κ3) is 5.81. The molecule has 0 aromatic heterocycles. The molecule has 0 fully saturated rings. The monoisotopic (exact) mass is 348 g/mol. The SMILES string of the molecule is COC(C)CCC(Cc1ccc(I)cc1)NN. The minimum Gasteiger partial charge on any atom is -0.382 e. The number of hydrogen-bond acceptors (Lipinski definition) is 3. The van der Waals surface area contributed by atoms with E-state index in [-0.39, 0.29) is 0 Å². The van der Waals surface area contributed by atoms with Crippen LogP contribution in [0.3, 0.4) is 0 Å². The number of halogens is 1. The maximum atomic E-state index is 5.59. The molecule has 2 unspecified atom stereocenters. The average molecular weight is 348 g/mol. The summed E-state index contributed by atoms with van der Waals surface area (Å²) in [6.45, 7) is 2.08. The van der Waals surface area contributed by atoms with E-state index in [0.717, 1.165) is 19.3 Å². The van der Waals surface area contributed by atoms with Crippen molar-refractivity contribution in [2.24, 2.45) is 5.84 Å². The Balaban J connectivity index is 2.43. The third-order valence-electron chi connectivity index (χ3n) is 2.96. The van der Waals surface area contributed by atoms with E-state index in [1.165, 1.54) is 9.13 Å². The molecule has 1 aromatic rings. The second-order valence-electron chi connectivity index (χ2n) is 4.32. The van der Waals surface area contributed by atoms with Crippen molar-refractivity contribution in [1.29, 1.82) is 0 Å². The summed E-state index contributed by atoms with van der Waals surface area (Å²) in [5.74, 6) is 5.59.